The third-order valence-corrected chi connectivity index (χ3v) is 6.50. The van der Waals surface area contributed by atoms with Crippen molar-refractivity contribution in [1.29, 1.82) is 0 Å². The monoisotopic (exact) mass is 366 g/mol. The number of hydrogen-bond acceptors (Lipinski definition) is 6. The van der Waals surface area contributed by atoms with Crippen molar-refractivity contribution in [2.75, 3.05) is 19.8 Å². The number of sulfone groups is 1. The molecule has 6 nitrogen and oxygen atoms in total. The minimum Gasteiger partial charge on any atom is -0.463 e. The molecule has 0 amide bonds. The average molecular weight is 366 g/mol. The van der Waals surface area contributed by atoms with Crippen LogP contribution in [-0.2, 0) is 34.6 Å². The van der Waals surface area contributed by atoms with E-state index in [1.54, 1.807) is 31.2 Å². The lowest BCUT2D eigenvalue weighted by atomic mass is 9.94. The van der Waals surface area contributed by atoms with Crippen molar-refractivity contribution in [2.45, 2.75) is 36.6 Å². The van der Waals surface area contributed by atoms with Crippen molar-refractivity contribution >= 4 is 15.8 Å². The molecular formula is C18H22O6S. The first-order chi connectivity index (χ1) is 12.0. The van der Waals surface area contributed by atoms with Gasteiger partial charge in [0.1, 0.15) is 0 Å². The molecule has 0 N–H and O–H groups in total. The fourth-order valence-electron chi connectivity index (χ4n) is 3.27. The van der Waals surface area contributed by atoms with Crippen LogP contribution in [0, 0.1) is 0 Å². The third kappa shape index (κ3) is 3.94. The molecule has 136 valence electrons. The van der Waals surface area contributed by atoms with Crippen LogP contribution >= 0.6 is 0 Å². The van der Waals surface area contributed by atoms with Crippen LogP contribution in [0.5, 0.6) is 0 Å². The Labute approximate surface area is 147 Å². The summed E-state index contributed by atoms with van der Waals surface area (Å²) >= 11 is 0. The molecule has 1 aromatic rings. The van der Waals surface area contributed by atoms with Gasteiger partial charge in [0.05, 0.1) is 36.4 Å². The van der Waals surface area contributed by atoms with Crippen LogP contribution in [0.1, 0.15) is 25.3 Å². The Hall–Kier alpha value is -1.70. The molecule has 1 aliphatic carbocycles. The van der Waals surface area contributed by atoms with E-state index in [1.807, 2.05) is 6.07 Å². The van der Waals surface area contributed by atoms with Crippen LogP contribution in [-0.4, -0.2) is 45.2 Å². The Balaban J connectivity index is 1.91. The minimum atomic E-state index is -3.58. The van der Waals surface area contributed by atoms with E-state index in [2.05, 4.69) is 0 Å². The van der Waals surface area contributed by atoms with Gasteiger partial charge < -0.3 is 14.2 Å². The molecule has 0 saturated carbocycles. The Morgan fingerprint density at radius 1 is 1.24 bits per heavy atom. The van der Waals surface area contributed by atoms with Crippen LogP contribution in [0.2, 0.25) is 0 Å². The highest BCUT2D eigenvalue weighted by Gasteiger charge is 2.45. The second-order valence-corrected chi connectivity index (χ2v) is 8.33. The smallest absolute Gasteiger partial charge is 0.335 e. The van der Waals surface area contributed by atoms with E-state index in [4.69, 9.17) is 14.2 Å². The maximum atomic E-state index is 12.9. The number of esters is 1. The number of carbonyl (C=O) groups is 1. The topological polar surface area (TPSA) is 78.9 Å². The van der Waals surface area contributed by atoms with Crippen molar-refractivity contribution < 1.29 is 27.4 Å². The molecular weight excluding hydrogens is 344 g/mol. The summed E-state index contributed by atoms with van der Waals surface area (Å²) < 4.78 is 42.2. The van der Waals surface area contributed by atoms with Gasteiger partial charge >= 0.3 is 5.97 Å². The summed E-state index contributed by atoms with van der Waals surface area (Å²) in [5, 5.41) is -0.912. The minimum absolute atomic E-state index is 0.117. The van der Waals surface area contributed by atoms with Gasteiger partial charge in [0.2, 0.25) is 0 Å². The van der Waals surface area contributed by atoms with Crippen molar-refractivity contribution in [3.8, 4) is 0 Å². The van der Waals surface area contributed by atoms with Crippen LogP contribution in [0.25, 0.3) is 0 Å². The molecule has 1 aromatic carbocycles. The van der Waals surface area contributed by atoms with E-state index in [0.29, 0.717) is 25.2 Å². The van der Waals surface area contributed by atoms with Crippen LogP contribution in [0.3, 0.4) is 0 Å². The third-order valence-electron chi connectivity index (χ3n) is 4.41. The van der Waals surface area contributed by atoms with Crippen LogP contribution < -0.4 is 0 Å². The van der Waals surface area contributed by atoms with Gasteiger partial charge in [-0.3, -0.25) is 0 Å². The summed E-state index contributed by atoms with van der Waals surface area (Å²) in [6.45, 7) is 2.71. The molecule has 1 atom stereocenters. The fourth-order valence-corrected chi connectivity index (χ4v) is 5.16. The average Bonchev–Trinajstić information content (AvgIpc) is 3.03. The van der Waals surface area contributed by atoms with Crippen molar-refractivity contribution in [2.24, 2.45) is 0 Å². The summed E-state index contributed by atoms with van der Waals surface area (Å²) in [6.07, 6.45) is 2.17. The van der Waals surface area contributed by atoms with Crippen molar-refractivity contribution in [3.05, 3.63) is 47.5 Å². The van der Waals surface area contributed by atoms with Gasteiger partial charge in [-0.05, 0) is 25.0 Å². The zero-order valence-electron chi connectivity index (χ0n) is 14.1. The van der Waals surface area contributed by atoms with E-state index >= 15 is 0 Å². The highest BCUT2D eigenvalue weighted by Crippen LogP contribution is 2.38. The maximum absolute atomic E-state index is 12.9. The molecule has 7 heteroatoms. The van der Waals surface area contributed by atoms with Gasteiger partial charge in [0, 0.05) is 6.42 Å². The van der Waals surface area contributed by atoms with E-state index in [-0.39, 0.29) is 24.4 Å². The zero-order chi connectivity index (χ0) is 17.9. The molecule has 1 heterocycles. The molecule has 1 unspecified atom stereocenters. The first-order valence-electron chi connectivity index (χ1n) is 8.39. The molecule has 1 spiro atoms. The van der Waals surface area contributed by atoms with E-state index in [0.717, 1.165) is 0 Å². The molecule has 25 heavy (non-hydrogen) atoms. The Morgan fingerprint density at radius 2 is 1.92 bits per heavy atom. The molecule has 1 aliphatic heterocycles. The Bertz CT molecular complexity index is 747. The van der Waals surface area contributed by atoms with Gasteiger partial charge in [-0.25, -0.2) is 13.2 Å². The van der Waals surface area contributed by atoms with E-state index in [9.17, 15) is 13.2 Å². The predicted octanol–water partition coefficient (Wildman–Crippen LogP) is 2.00. The van der Waals surface area contributed by atoms with Gasteiger partial charge in [0.15, 0.2) is 15.6 Å². The lowest BCUT2D eigenvalue weighted by molar-refractivity contribution is -0.143. The summed E-state index contributed by atoms with van der Waals surface area (Å²) in [6, 6.07) is 8.95. The summed E-state index contributed by atoms with van der Waals surface area (Å²) in [7, 11) is -3.58. The number of benzene rings is 1. The number of rotatable bonds is 5. The first-order valence-corrected chi connectivity index (χ1v) is 10.1. The van der Waals surface area contributed by atoms with Gasteiger partial charge in [-0.1, -0.05) is 30.3 Å². The predicted molar refractivity (Wildman–Crippen MR) is 91.4 cm³/mol. The molecule has 3 rings (SSSR count). The van der Waals surface area contributed by atoms with Crippen LogP contribution in [0.4, 0.5) is 0 Å². The lowest BCUT2D eigenvalue weighted by Crippen LogP contribution is -2.40. The molecule has 0 aromatic heterocycles. The lowest BCUT2D eigenvalue weighted by Gasteiger charge is -2.33. The maximum Gasteiger partial charge on any atom is 0.335 e. The largest absolute Gasteiger partial charge is 0.463 e. The molecule has 0 bridgehead atoms. The van der Waals surface area contributed by atoms with Gasteiger partial charge in [-0.15, -0.1) is 0 Å². The van der Waals surface area contributed by atoms with E-state index in [1.165, 1.54) is 6.08 Å². The fraction of sp³-hybridized carbons (Fsp3) is 0.500. The van der Waals surface area contributed by atoms with Crippen LogP contribution in [0.15, 0.2) is 42.0 Å². The summed E-state index contributed by atoms with van der Waals surface area (Å²) in [4.78, 5) is 12.4. The van der Waals surface area contributed by atoms with Gasteiger partial charge in [-0.2, -0.15) is 0 Å². The Morgan fingerprint density at radius 3 is 2.56 bits per heavy atom. The van der Waals surface area contributed by atoms with E-state index < -0.39 is 26.8 Å². The second kappa shape index (κ2) is 7.27. The first kappa shape index (κ1) is 18.1. The highest BCUT2D eigenvalue weighted by molar-refractivity contribution is 7.91. The summed E-state index contributed by atoms with van der Waals surface area (Å²) in [5.41, 5.74) is 0.810. The SMILES string of the molecule is CCOC(=O)C1=CC2(CCC1S(=O)(=O)Cc1ccccc1)OCCO2. The van der Waals surface area contributed by atoms with Gasteiger partial charge in [0.25, 0.3) is 0 Å². The normalized spacial score (nSPS) is 22.6. The standard InChI is InChI=1S/C18H22O6S/c1-2-22-17(19)15-12-18(23-10-11-24-18)9-8-16(15)25(20,21)13-14-6-4-3-5-7-14/h3-7,12,16H,2,8-11,13H2,1H3. The number of hydrogen-bond donors (Lipinski definition) is 0. The highest BCUT2D eigenvalue weighted by atomic mass is 32.2. The quantitative estimate of drug-likeness (QED) is 0.742. The Kier molecular flexibility index (Phi) is 5.27. The number of ether oxygens (including phenoxy) is 3. The molecule has 0 radical (unpaired) electrons. The second-order valence-electron chi connectivity index (χ2n) is 6.15. The van der Waals surface area contributed by atoms with Crippen molar-refractivity contribution in [1.82, 2.24) is 0 Å². The molecule has 2 aliphatic rings. The molecule has 1 saturated heterocycles. The van der Waals surface area contributed by atoms with Crippen molar-refractivity contribution in [3.63, 3.8) is 0 Å². The molecule has 1 fully saturated rings. The number of carbonyl (C=O) groups excluding carboxylic acids is 1. The zero-order valence-corrected chi connectivity index (χ0v) is 15.0. The summed E-state index contributed by atoms with van der Waals surface area (Å²) in [5.74, 6) is -1.74.